The number of hydrogen-bond acceptors (Lipinski definition) is 0. The Morgan fingerprint density at radius 3 is 2.00 bits per heavy atom. The molecule has 0 fully saturated rings. The number of unbranched alkanes of at least 4 members (excludes halogenated alkanes) is 1. The maximum Gasteiger partial charge on any atom is 4.00 e. The Hall–Kier alpha value is 0.243. The molecule has 0 radical (unpaired) electrons. The molecule has 116 valence electrons. The molecular weight excluding hydrogens is 325 g/mol. The molecule has 0 aromatic rings. The van der Waals surface area contributed by atoms with Crippen molar-refractivity contribution in [1.82, 2.24) is 0 Å². The van der Waals surface area contributed by atoms with Gasteiger partial charge in [0.25, 0.3) is 0 Å². The summed E-state index contributed by atoms with van der Waals surface area (Å²) < 4.78 is 0. The van der Waals surface area contributed by atoms with Crippen molar-refractivity contribution in [3.8, 4) is 0 Å². The van der Waals surface area contributed by atoms with E-state index in [0.717, 1.165) is 13.1 Å². The fourth-order valence-electron chi connectivity index (χ4n) is 1.41. The van der Waals surface area contributed by atoms with Crippen LogP contribution in [0.4, 0.5) is 0 Å². The Labute approximate surface area is 147 Å². The number of nitrogens with zero attached hydrogens (tertiary/aromatic N) is 3. The monoisotopic (exact) mass is 357 g/mol. The molecule has 1 aliphatic carbocycles. The third-order valence-electron chi connectivity index (χ3n) is 2.14. The molecule has 0 amide bonds. The van der Waals surface area contributed by atoms with E-state index in [0.29, 0.717) is 0 Å². The third-order valence-corrected chi connectivity index (χ3v) is 2.14. The van der Waals surface area contributed by atoms with Gasteiger partial charge in [0.05, 0.1) is 0 Å². The minimum absolute atomic E-state index is 0. The number of hydrogen-bond donors (Lipinski definition) is 0. The predicted octanol–water partition coefficient (Wildman–Crippen LogP) is 5.12. The normalized spacial score (nSPS) is 10.9. The van der Waals surface area contributed by atoms with Gasteiger partial charge >= 0.3 is 26.2 Å². The van der Waals surface area contributed by atoms with Crippen LogP contribution in [0.1, 0.15) is 32.6 Å². The maximum atomic E-state index is 4.30. The molecule has 1 rings (SSSR count). The zero-order valence-corrected chi connectivity index (χ0v) is 16.8. The standard InChI is InChI=1S/C11H18N.2C2H6N.CH3.Zr/c1-2-12-10-6-5-9-11-7-3-4-8-11;2*1-3-2;;/h3-4,7H,2,5-6,8-10H2,1H3;2*1-2H3;1H3;/q4*-1;+4. The summed E-state index contributed by atoms with van der Waals surface area (Å²) >= 11 is 0. The van der Waals surface area contributed by atoms with Gasteiger partial charge in [-0.15, -0.1) is 6.54 Å². The zero-order chi connectivity index (χ0) is 14.1. The zero-order valence-electron chi connectivity index (χ0n) is 14.3. The molecule has 0 bridgehead atoms. The fraction of sp³-hybridized carbons (Fsp3) is 0.688. The van der Waals surface area contributed by atoms with Gasteiger partial charge in [-0.25, -0.2) is 0 Å². The largest absolute Gasteiger partial charge is 4.00 e. The molecule has 0 N–H and O–H groups in total. The second-order valence-electron chi connectivity index (χ2n) is 4.07. The second-order valence-corrected chi connectivity index (χ2v) is 4.07. The van der Waals surface area contributed by atoms with Crippen molar-refractivity contribution >= 4 is 0 Å². The van der Waals surface area contributed by atoms with Crippen molar-refractivity contribution in [3.05, 3.63) is 47.2 Å². The maximum absolute atomic E-state index is 4.30. The first-order valence-electron chi connectivity index (χ1n) is 6.70. The number of rotatable bonds is 6. The van der Waals surface area contributed by atoms with Crippen LogP contribution in [-0.2, 0) is 26.2 Å². The fourth-order valence-corrected chi connectivity index (χ4v) is 1.41. The van der Waals surface area contributed by atoms with Crippen LogP contribution in [0.5, 0.6) is 0 Å². The van der Waals surface area contributed by atoms with Gasteiger partial charge in [-0.1, -0.05) is 43.6 Å². The van der Waals surface area contributed by atoms with Gasteiger partial charge in [-0.3, -0.25) is 0 Å². The average molecular weight is 359 g/mol. The summed E-state index contributed by atoms with van der Waals surface area (Å²) in [7, 11) is 7.00. The van der Waals surface area contributed by atoms with E-state index in [-0.39, 0.29) is 33.6 Å². The Morgan fingerprint density at radius 1 is 1.05 bits per heavy atom. The van der Waals surface area contributed by atoms with E-state index in [1.54, 1.807) is 33.8 Å². The van der Waals surface area contributed by atoms with E-state index in [1.807, 2.05) is 0 Å². The van der Waals surface area contributed by atoms with Gasteiger partial charge in [0.2, 0.25) is 0 Å². The predicted molar refractivity (Wildman–Crippen MR) is 91.3 cm³/mol. The molecule has 0 saturated carbocycles. The molecule has 4 heteroatoms. The molecule has 0 spiro atoms. The number of allylic oxidation sites excluding steroid dienone is 4. The molecule has 0 aromatic carbocycles. The SMILES string of the molecule is CC[N-]CCCCC1=CC=CC1.C[N-]C.C[N-]C.[CH3-].[Zr+4]. The minimum atomic E-state index is 0. The van der Waals surface area contributed by atoms with E-state index >= 15 is 0 Å². The summed E-state index contributed by atoms with van der Waals surface area (Å²) in [5, 5.41) is 11.3. The summed E-state index contributed by atoms with van der Waals surface area (Å²) in [5.41, 5.74) is 1.59. The summed E-state index contributed by atoms with van der Waals surface area (Å²) in [6.45, 7) is 4.13. The van der Waals surface area contributed by atoms with Gasteiger partial charge in [0.15, 0.2) is 0 Å². The summed E-state index contributed by atoms with van der Waals surface area (Å²) in [5.74, 6) is 0. The summed E-state index contributed by atoms with van der Waals surface area (Å²) in [6, 6.07) is 0. The topological polar surface area (TPSA) is 42.3 Å². The van der Waals surface area contributed by atoms with Crippen LogP contribution in [0.25, 0.3) is 16.0 Å². The Balaban J connectivity index is -0.000000139. The van der Waals surface area contributed by atoms with Crippen molar-refractivity contribution < 1.29 is 26.2 Å². The average Bonchev–Trinajstić information content (AvgIpc) is 2.84. The molecule has 0 heterocycles. The molecule has 0 aliphatic heterocycles. The summed E-state index contributed by atoms with van der Waals surface area (Å²) in [4.78, 5) is 0. The van der Waals surface area contributed by atoms with Gasteiger partial charge < -0.3 is 23.4 Å². The van der Waals surface area contributed by atoms with Crippen LogP contribution in [0, 0.1) is 7.43 Å². The Kier molecular flexibility index (Phi) is 39.2. The van der Waals surface area contributed by atoms with E-state index in [2.05, 4.69) is 41.1 Å². The first-order chi connectivity index (χ1) is 8.76. The van der Waals surface area contributed by atoms with Gasteiger partial charge in [0, 0.05) is 0 Å². The smallest absolute Gasteiger partial charge is 0.668 e. The molecular formula is C16H33N3Zr. The molecule has 0 aromatic heterocycles. The van der Waals surface area contributed by atoms with E-state index in [9.17, 15) is 0 Å². The van der Waals surface area contributed by atoms with Gasteiger partial charge in [-0.2, -0.15) is 34.7 Å². The van der Waals surface area contributed by atoms with Crippen LogP contribution in [-0.4, -0.2) is 41.3 Å². The van der Waals surface area contributed by atoms with Crippen LogP contribution in [0.3, 0.4) is 0 Å². The van der Waals surface area contributed by atoms with Crippen LogP contribution in [0.15, 0.2) is 23.8 Å². The van der Waals surface area contributed by atoms with Gasteiger partial charge in [0.1, 0.15) is 0 Å². The van der Waals surface area contributed by atoms with Crippen LogP contribution in [0.2, 0.25) is 0 Å². The minimum Gasteiger partial charge on any atom is -0.668 e. The molecule has 0 unspecified atom stereocenters. The van der Waals surface area contributed by atoms with Crippen molar-refractivity contribution in [2.45, 2.75) is 32.6 Å². The first-order valence-corrected chi connectivity index (χ1v) is 6.70. The van der Waals surface area contributed by atoms with Crippen molar-refractivity contribution in [2.24, 2.45) is 0 Å². The second kappa shape index (κ2) is 27.6. The summed E-state index contributed by atoms with van der Waals surface area (Å²) in [6.07, 6.45) is 11.6. The Bertz CT molecular complexity index is 202. The van der Waals surface area contributed by atoms with E-state index in [4.69, 9.17) is 0 Å². The van der Waals surface area contributed by atoms with Crippen molar-refractivity contribution in [1.29, 1.82) is 0 Å². The van der Waals surface area contributed by atoms with Crippen LogP contribution < -0.4 is 0 Å². The van der Waals surface area contributed by atoms with Crippen molar-refractivity contribution in [2.75, 3.05) is 41.3 Å². The van der Waals surface area contributed by atoms with Crippen LogP contribution >= 0.6 is 0 Å². The Morgan fingerprint density at radius 2 is 1.60 bits per heavy atom. The van der Waals surface area contributed by atoms with E-state index in [1.165, 1.54) is 25.7 Å². The third kappa shape index (κ3) is 26.7. The molecule has 0 saturated heterocycles. The molecule has 0 atom stereocenters. The van der Waals surface area contributed by atoms with E-state index < -0.39 is 0 Å². The van der Waals surface area contributed by atoms with Crippen molar-refractivity contribution in [3.63, 3.8) is 0 Å². The molecule has 20 heavy (non-hydrogen) atoms. The quantitative estimate of drug-likeness (QED) is 0.467. The molecule has 3 nitrogen and oxygen atoms in total. The van der Waals surface area contributed by atoms with Gasteiger partial charge in [-0.05, 0) is 12.8 Å². The first kappa shape index (κ1) is 28.4. The molecule has 1 aliphatic rings.